The zero-order valence-electron chi connectivity index (χ0n) is 14.8. The maximum absolute atomic E-state index is 12.7. The Labute approximate surface area is 149 Å². The van der Waals surface area contributed by atoms with Crippen molar-refractivity contribution in [1.29, 1.82) is 0 Å². The molecule has 1 aromatic rings. The van der Waals surface area contributed by atoms with Gasteiger partial charge in [-0.05, 0) is 43.4 Å². The van der Waals surface area contributed by atoms with Crippen molar-refractivity contribution in [2.24, 2.45) is 5.92 Å². The summed E-state index contributed by atoms with van der Waals surface area (Å²) in [6, 6.07) is 4.55. The molecule has 0 aromatic heterocycles. The number of carbonyl (C=O) groups is 1. The number of hydrogen-bond donors (Lipinski definition) is 1. The summed E-state index contributed by atoms with van der Waals surface area (Å²) in [6.07, 6.45) is 3.57. The molecule has 1 aromatic carbocycles. The highest BCUT2D eigenvalue weighted by Crippen LogP contribution is 2.31. The highest BCUT2D eigenvalue weighted by molar-refractivity contribution is 7.91. The second-order valence-corrected chi connectivity index (χ2v) is 9.21. The molecule has 1 aliphatic heterocycles. The van der Waals surface area contributed by atoms with Gasteiger partial charge in [-0.25, -0.2) is 8.42 Å². The summed E-state index contributed by atoms with van der Waals surface area (Å²) in [4.78, 5) is 15.2. The van der Waals surface area contributed by atoms with Crippen LogP contribution < -0.4 is 10.1 Å². The van der Waals surface area contributed by atoms with Crippen molar-refractivity contribution in [3.8, 4) is 5.75 Å². The van der Waals surface area contributed by atoms with E-state index >= 15 is 0 Å². The Morgan fingerprint density at radius 3 is 2.72 bits per heavy atom. The van der Waals surface area contributed by atoms with E-state index in [9.17, 15) is 13.2 Å². The molecule has 2 aliphatic rings. The fourth-order valence-corrected chi connectivity index (χ4v) is 4.18. The van der Waals surface area contributed by atoms with Gasteiger partial charge >= 0.3 is 0 Å². The lowest BCUT2D eigenvalue weighted by molar-refractivity contribution is 0.0934. The third-order valence-corrected chi connectivity index (χ3v) is 6.71. The summed E-state index contributed by atoms with van der Waals surface area (Å²) >= 11 is 0. The number of amides is 1. The summed E-state index contributed by atoms with van der Waals surface area (Å²) in [7, 11) is -1.89. The number of methoxy groups -OCH3 is 1. The fourth-order valence-electron chi connectivity index (χ4n) is 3.27. The number of rotatable bonds is 7. The van der Waals surface area contributed by atoms with Crippen molar-refractivity contribution in [3.05, 3.63) is 23.8 Å². The van der Waals surface area contributed by atoms with Crippen LogP contribution in [0.1, 0.15) is 36.5 Å². The van der Waals surface area contributed by atoms with E-state index in [4.69, 9.17) is 4.74 Å². The predicted octanol–water partition coefficient (Wildman–Crippen LogP) is 1.70. The molecule has 0 radical (unpaired) electrons. The first-order chi connectivity index (χ1) is 11.9. The van der Waals surface area contributed by atoms with E-state index in [1.807, 2.05) is 0 Å². The van der Waals surface area contributed by atoms with Gasteiger partial charge in [-0.15, -0.1) is 0 Å². The molecule has 25 heavy (non-hydrogen) atoms. The second-order valence-electron chi connectivity index (χ2n) is 6.93. The third-order valence-electron chi connectivity index (χ3n) is 4.98. The Balaban J connectivity index is 1.71. The van der Waals surface area contributed by atoms with Crippen LogP contribution in [0, 0.1) is 5.92 Å². The average Bonchev–Trinajstić information content (AvgIpc) is 3.32. The molecule has 1 N–H and O–H groups in total. The number of nitrogens with one attached hydrogen (secondary N) is 1. The van der Waals surface area contributed by atoms with E-state index < -0.39 is 9.84 Å². The molecule has 1 unspecified atom stereocenters. The number of hydrogen-bond acceptors (Lipinski definition) is 5. The quantitative estimate of drug-likeness (QED) is 0.795. The summed E-state index contributed by atoms with van der Waals surface area (Å²) in [5, 5.41) is 3.03. The molecule has 2 fully saturated rings. The lowest BCUT2D eigenvalue weighted by Crippen LogP contribution is -2.37. The number of sulfone groups is 1. The van der Waals surface area contributed by atoms with Crippen molar-refractivity contribution in [2.45, 2.75) is 37.1 Å². The van der Waals surface area contributed by atoms with Crippen LogP contribution in [0.3, 0.4) is 0 Å². The van der Waals surface area contributed by atoms with Crippen molar-refractivity contribution >= 4 is 15.7 Å². The Hall–Kier alpha value is -1.60. The fraction of sp³-hybridized carbons (Fsp3) is 0.611. The molecule has 1 amide bonds. The maximum Gasteiger partial charge on any atom is 0.255 e. The largest absolute Gasteiger partial charge is 0.496 e. The third kappa shape index (κ3) is 4.33. The van der Waals surface area contributed by atoms with E-state index in [1.54, 1.807) is 13.0 Å². The average molecular weight is 366 g/mol. The van der Waals surface area contributed by atoms with Crippen LogP contribution in [0.25, 0.3) is 0 Å². The first-order valence-corrected chi connectivity index (χ1v) is 10.5. The molecular weight excluding hydrogens is 340 g/mol. The summed E-state index contributed by atoms with van der Waals surface area (Å²) < 4.78 is 29.4. The summed E-state index contributed by atoms with van der Waals surface area (Å²) in [5.41, 5.74) is 0.276. The Morgan fingerprint density at radius 2 is 2.08 bits per heavy atom. The Kier molecular flexibility index (Phi) is 5.34. The van der Waals surface area contributed by atoms with Gasteiger partial charge in [0.15, 0.2) is 9.84 Å². The van der Waals surface area contributed by atoms with Gasteiger partial charge in [0.05, 0.1) is 23.3 Å². The predicted molar refractivity (Wildman–Crippen MR) is 95.8 cm³/mol. The zero-order valence-corrected chi connectivity index (χ0v) is 15.6. The van der Waals surface area contributed by atoms with Crippen LogP contribution in [0.2, 0.25) is 0 Å². The molecule has 6 nitrogen and oxygen atoms in total. The van der Waals surface area contributed by atoms with Gasteiger partial charge in [0.1, 0.15) is 5.75 Å². The first-order valence-electron chi connectivity index (χ1n) is 8.87. The zero-order chi connectivity index (χ0) is 18.0. The van der Waals surface area contributed by atoms with Crippen molar-refractivity contribution in [3.63, 3.8) is 0 Å². The van der Waals surface area contributed by atoms with Gasteiger partial charge in [-0.1, -0.05) is 6.92 Å². The summed E-state index contributed by atoms with van der Waals surface area (Å²) in [5.74, 6) is 0.952. The van der Waals surface area contributed by atoms with Gasteiger partial charge < -0.3 is 15.0 Å². The number of ether oxygens (including phenoxy) is 1. The number of likely N-dealkylation sites (tertiary alicyclic amines) is 1. The molecule has 1 saturated carbocycles. The van der Waals surface area contributed by atoms with E-state index in [0.29, 0.717) is 5.75 Å². The normalized spacial score (nSPS) is 21.3. The lowest BCUT2D eigenvalue weighted by Gasteiger charge is -2.17. The van der Waals surface area contributed by atoms with Gasteiger partial charge in [0, 0.05) is 25.7 Å². The molecule has 3 rings (SSSR count). The van der Waals surface area contributed by atoms with Crippen molar-refractivity contribution in [1.82, 2.24) is 10.2 Å². The topological polar surface area (TPSA) is 75.7 Å². The highest BCUT2D eigenvalue weighted by atomic mass is 32.2. The SMILES string of the molecule is CCS(=O)(=O)c1ccc(OC)c(C(=O)NC2CCN(CC3CC3)C2)c1. The van der Waals surface area contributed by atoms with Gasteiger partial charge in [0.25, 0.3) is 5.91 Å². The highest BCUT2D eigenvalue weighted by Gasteiger charge is 2.30. The number of nitrogens with zero attached hydrogens (tertiary/aromatic N) is 1. The molecule has 1 saturated heterocycles. The minimum atomic E-state index is -3.37. The Bertz CT molecular complexity index is 743. The van der Waals surface area contributed by atoms with Crippen LogP contribution in [0.15, 0.2) is 23.1 Å². The smallest absolute Gasteiger partial charge is 0.255 e. The van der Waals surface area contributed by atoms with Crippen LogP contribution in [0.4, 0.5) is 0 Å². The van der Waals surface area contributed by atoms with Gasteiger partial charge in [0.2, 0.25) is 0 Å². The molecule has 7 heteroatoms. The molecule has 0 bridgehead atoms. The minimum absolute atomic E-state index is 0.000854. The monoisotopic (exact) mass is 366 g/mol. The number of benzene rings is 1. The second kappa shape index (κ2) is 7.33. The van der Waals surface area contributed by atoms with Crippen LogP contribution in [-0.4, -0.2) is 57.8 Å². The minimum Gasteiger partial charge on any atom is -0.496 e. The molecule has 1 atom stereocenters. The van der Waals surface area contributed by atoms with Crippen molar-refractivity contribution < 1.29 is 17.9 Å². The molecule has 0 spiro atoms. The summed E-state index contributed by atoms with van der Waals surface area (Å²) in [6.45, 7) is 4.58. The molecule has 1 heterocycles. The molecule has 138 valence electrons. The molecular formula is C18H26N2O4S. The molecule has 1 aliphatic carbocycles. The van der Waals surface area contributed by atoms with Crippen LogP contribution in [-0.2, 0) is 9.84 Å². The van der Waals surface area contributed by atoms with Crippen LogP contribution >= 0.6 is 0 Å². The first kappa shape index (κ1) is 18.2. The van der Waals surface area contributed by atoms with Crippen molar-refractivity contribution in [2.75, 3.05) is 32.5 Å². The standard InChI is InChI=1S/C18H26N2O4S/c1-3-25(22,23)15-6-7-17(24-2)16(10-15)18(21)19-14-8-9-20(12-14)11-13-4-5-13/h6-7,10,13-14H,3-5,8-9,11-12H2,1-2H3,(H,19,21). The van der Waals surface area contributed by atoms with Gasteiger partial charge in [-0.2, -0.15) is 0 Å². The Morgan fingerprint density at radius 1 is 1.32 bits per heavy atom. The van der Waals surface area contributed by atoms with E-state index in [2.05, 4.69) is 10.2 Å². The van der Waals surface area contributed by atoms with E-state index in [0.717, 1.165) is 32.0 Å². The maximum atomic E-state index is 12.7. The van der Waals surface area contributed by atoms with Crippen LogP contribution in [0.5, 0.6) is 5.75 Å². The van der Waals surface area contributed by atoms with E-state index in [1.165, 1.54) is 32.1 Å². The van der Waals surface area contributed by atoms with E-state index in [-0.39, 0.29) is 28.2 Å². The van der Waals surface area contributed by atoms with Gasteiger partial charge in [-0.3, -0.25) is 4.79 Å². The lowest BCUT2D eigenvalue weighted by atomic mass is 10.1. The number of carbonyl (C=O) groups excluding carboxylic acids is 1.